The SMILES string of the molecule is CCOC(=O)CCC(=O)CC[C@@H]1/C(=C/[Si](C)(C)C)[C@H](CC(=O)O)CC[C@H]1C. The summed E-state index contributed by atoms with van der Waals surface area (Å²) >= 11 is 0. The van der Waals surface area contributed by atoms with Gasteiger partial charge in [-0.2, -0.15) is 0 Å². The minimum atomic E-state index is -1.51. The van der Waals surface area contributed by atoms with Crippen LogP contribution in [0, 0.1) is 17.8 Å². The summed E-state index contributed by atoms with van der Waals surface area (Å²) in [6, 6.07) is 0. The Bertz CT molecular complexity index is 561. The fraction of sp³-hybridized carbons (Fsp3) is 0.762. The zero-order valence-corrected chi connectivity index (χ0v) is 18.5. The lowest BCUT2D eigenvalue weighted by Crippen LogP contribution is -2.31. The summed E-state index contributed by atoms with van der Waals surface area (Å²) in [5.74, 6) is -0.178. The number of ether oxygens (including phenoxy) is 1. The highest BCUT2D eigenvalue weighted by molar-refractivity contribution is 6.81. The van der Waals surface area contributed by atoms with Crippen LogP contribution in [0.4, 0.5) is 0 Å². The summed E-state index contributed by atoms with van der Waals surface area (Å²) in [5.41, 5.74) is 3.64. The van der Waals surface area contributed by atoms with Crippen LogP contribution < -0.4 is 0 Å². The number of hydrogen-bond donors (Lipinski definition) is 1. The molecule has 0 amide bonds. The largest absolute Gasteiger partial charge is 0.481 e. The number of allylic oxidation sites excluding steroid dienone is 1. The average molecular weight is 397 g/mol. The molecule has 1 rings (SSSR count). The Morgan fingerprint density at radius 1 is 1.15 bits per heavy atom. The molecule has 1 N–H and O–H groups in total. The van der Waals surface area contributed by atoms with E-state index in [4.69, 9.17) is 4.74 Å². The third-order valence-corrected chi connectivity index (χ3v) is 6.42. The summed E-state index contributed by atoms with van der Waals surface area (Å²) in [6.45, 7) is 11.1. The highest BCUT2D eigenvalue weighted by atomic mass is 28.3. The normalized spacial score (nSPS) is 24.6. The lowest BCUT2D eigenvalue weighted by atomic mass is 9.69. The molecule has 0 radical (unpaired) electrons. The Balaban J connectivity index is 2.80. The van der Waals surface area contributed by atoms with Gasteiger partial charge in [-0.25, -0.2) is 0 Å². The van der Waals surface area contributed by atoms with E-state index in [2.05, 4.69) is 32.3 Å². The lowest BCUT2D eigenvalue weighted by molar-refractivity contribution is -0.144. The fourth-order valence-electron chi connectivity index (χ4n) is 3.99. The van der Waals surface area contributed by atoms with E-state index < -0.39 is 14.0 Å². The molecule has 1 fully saturated rings. The lowest BCUT2D eigenvalue weighted by Gasteiger charge is -2.38. The van der Waals surface area contributed by atoms with Crippen molar-refractivity contribution in [3.05, 3.63) is 11.3 Å². The van der Waals surface area contributed by atoms with Crippen molar-refractivity contribution in [3.63, 3.8) is 0 Å². The van der Waals surface area contributed by atoms with Crippen LogP contribution in [0.25, 0.3) is 0 Å². The smallest absolute Gasteiger partial charge is 0.306 e. The molecule has 0 heterocycles. The summed E-state index contributed by atoms with van der Waals surface area (Å²) in [7, 11) is -1.51. The van der Waals surface area contributed by atoms with Crippen LogP contribution in [0.2, 0.25) is 19.6 Å². The summed E-state index contributed by atoms with van der Waals surface area (Å²) in [5, 5.41) is 9.30. The highest BCUT2D eigenvalue weighted by Crippen LogP contribution is 2.43. The fourth-order valence-corrected chi connectivity index (χ4v) is 5.44. The van der Waals surface area contributed by atoms with Crippen molar-refractivity contribution in [2.75, 3.05) is 6.61 Å². The standard InChI is InChI=1S/C21H36O5Si/c1-6-26-21(25)12-10-17(22)9-11-18-15(2)7-8-16(13-20(23)24)19(18)14-27(3,4)5/h14-16,18H,6-13H2,1-5H3,(H,23,24)/b19-14+/t15-,16+,18+/m1/s1. The molecule has 0 saturated heterocycles. The van der Waals surface area contributed by atoms with Crippen LogP contribution in [0.15, 0.2) is 11.3 Å². The van der Waals surface area contributed by atoms with Crippen molar-refractivity contribution >= 4 is 25.8 Å². The summed E-state index contributed by atoms with van der Waals surface area (Å²) < 4.78 is 4.88. The maximum Gasteiger partial charge on any atom is 0.306 e. The molecule has 1 saturated carbocycles. The quantitative estimate of drug-likeness (QED) is 0.430. The van der Waals surface area contributed by atoms with E-state index in [0.717, 1.165) is 19.3 Å². The van der Waals surface area contributed by atoms with Crippen molar-refractivity contribution in [1.29, 1.82) is 0 Å². The minimum absolute atomic E-state index is 0.0861. The van der Waals surface area contributed by atoms with Crippen molar-refractivity contribution < 1.29 is 24.2 Å². The van der Waals surface area contributed by atoms with Gasteiger partial charge in [-0.3, -0.25) is 14.4 Å². The van der Waals surface area contributed by atoms with Gasteiger partial charge in [-0.1, -0.05) is 37.8 Å². The molecule has 154 valence electrons. The number of carboxylic acids is 1. The molecule has 1 aliphatic rings. The van der Waals surface area contributed by atoms with E-state index in [1.165, 1.54) is 5.57 Å². The molecule has 0 aliphatic heterocycles. The number of rotatable bonds is 10. The number of esters is 1. The highest BCUT2D eigenvalue weighted by Gasteiger charge is 2.34. The topological polar surface area (TPSA) is 80.7 Å². The molecule has 5 nitrogen and oxygen atoms in total. The molecule has 27 heavy (non-hydrogen) atoms. The van der Waals surface area contributed by atoms with E-state index in [-0.39, 0.29) is 42.9 Å². The van der Waals surface area contributed by atoms with E-state index in [1.807, 2.05) is 0 Å². The van der Waals surface area contributed by atoms with Gasteiger partial charge in [0.25, 0.3) is 0 Å². The van der Waals surface area contributed by atoms with Crippen molar-refractivity contribution in [3.8, 4) is 0 Å². The molecule has 0 unspecified atom stereocenters. The van der Waals surface area contributed by atoms with Gasteiger partial charge >= 0.3 is 11.9 Å². The number of hydrogen-bond acceptors (Lipinski definition) is 4. The molecule has 6 heteroatoms. The van der Waals surface area contributed by atoms with Crippen LogP contribution in [-0.2, 0) is 19.1 Å². The summed E-state index contributed by atoms with van der Waals surface area (Å²) in [4.78, 5) is 35.0. The van der Waals surface area contributed by atoms with Crippen LogP contribution in [0.5, 0.6) is 0 Å². The molecule has 0 spiro atoms. The Kier molecular flexibility index (Phi) is 9.43. The second kappa shape index (κ2) is 10.8. The van der Waals surface area contributed by atoms with Crippen LogP contribution in [-0.4, -0.2) is 37.5 Å². The maximum atomic E-state index is 12.2. The molecule has 1 aliphatic carbocycles. The Morgan fingerprint density at radius 3 is 2.37 bits per heavy atom. The van der Waals surface area contributed by atoms with E-state index in [1.54, 1.807) is 6.92 Å². The van der Waals surface area contributed by atoms with Gasteiger partial charge in [-0.15, -0.1) is 0 Å². The second-order valence-corrected chi connectivity index (χ2v) is 13.9. The second-order valence-electron chi connectivity index (χ2n) is 8.85. The predicted octanol–water partition coefficient (Wildman–Crippen LogP) is 4.62. The van der Waals surface area contributed by atoms with E-state index in [9.17, 15) is 19.5 Å². The Labute approximate surface area is 164 Å². The van der Waals surface area contributed by atoms with Crippen LogP contribution in [0.3, 0.4) is 0 Å². The molecular weight excluding hydrogens is 360 g/mol. The first kappa shape index (κ1) is 23.6. The zero-order valence-electron chi connectivity index (χ0n) is 17.5. The van der Waals surface area contributed by atoms with E-state index in [0.29, 0.717) is 18.9 Å². The number of Topliss-reactive ketones (excluding diaryl/α,β-unsaturated/α-hetero) is 1. The van der Waals surface area contributed by atoms with Crippen molar-refractivity contribution in [2.24, 2.45) is 17.8 Å². The number of carbonyl (C=O) groups is 3. The average Bonchev–Trinajstić information content (AvgIpc) is 2.53. The van der Waals surface area contributed by atoms with E-state index >= 15 is 0 Å². The van der Waals surface area contributed by atoms with Gasteiger partial charge < -0.3 is 9.84 Å². The van der Waals surface area contributed by atoms with Gasteiger partial charge in [-0.05, 0) is 43.9 Å². The van der Waals surface area contributed by atoms with Gasteiger partial charge in [0.1, 0.15) is 5.78 Å². The van der Waals surface area contributed by atoms with Crippen molar-refractivity contribution in [1.82, 2.24) is 0 Å². The Hall–Kier alpha value is -1.43. The predicted molar refractivity (Wildman–Crippen MR) is 109 cm³/mol. The maximum absolute atomic E-state index is 12.2. The Morgan fingerprint density at radius 2 is 1.81 bits per heavy atom. The molecule has 0 bridgehead atoms. The van der Waals surface area contributed by atoms with Crippen LogP contribution >= 0.6 is 0 Å². The third-order valence-electron chi connectivity index (χ3n) is 5.23. The first-order valence-corrected chi connectivity index (χ1v) is 13.7. The van der Waals surface area contributed by atoms with Crippen LogP contribution in [0.1, 0.15) is 58.8 Å². The molecule has 3 atom stereocenters. The number of carboxylic acid groups (broad SMARTS) is 1. The number of ketones is 1. The summed E-state index contributed by atoms with van der Waals surface area (Å²) in [6.07, 6.45) is 3.65. The third kappa shape index (κ3) is 8.87. The molecule has 0 aromatic carbocycles. The minimum Gasteiger partial charge on any atom is -0.481 e. The monoisotopic (exact) mass is 396 g/mol. The van der Waals surface area contributed by atoms with Gasteiger partial charge in [0.15, 0.2) is 0 Å². The number of carbonyl (C=O) groups excluding carboxylic acids is 2. The number of aliphatic carboxylic acids is 1. The van der Waals surface area contributed by atoms with Crippen molar-refractivity contribution in [2.45, 2.75) is 78.4 Å². The van der Waals surface area contributed by atoms with Gasteiger partial charge in [0.2, 0.25) is 0 Å². The van der Waals surface area contributed by atoms with Gasteiger partial charge in [0, 0.05) is 12.8 Å². The molecule has 0 aromatic rings. The van der Waals surface area contributed by atoms with Gasteiger partial charge in [0.05, 0.1) is 27.5 Å². The first-order chi connectivity index (χ1) is 12.5. The molecular formula is C21H36O5Si. The first-order valence-electron chi connectivity index (χ1n) is 10.1. The molecule has 0 aromatic heterocycles. The zero-order chi connectivity index (χ0) is 20.6.